The van der Waals surface area contributed by atoms with Crippen LogP contribution in [0.15, 0.2) is 34.9 Å². The lowest BCUT2D eigenvalue weighted by atomic mass is 9.91. The largest absolute Gasteiger partial charge is 0.298 e. The maximum Gasteiger partial charge on any atom is 0.148 e. The van der Waals surface area contributed by atoms with E-state index in [9.17, 15) is 4.79 Å². The van der Waals surface area contributed by atoms with Gasteiger partial charge in [0.2, 0.25) is 0 Å². The number of Topliss-reactive ketones (excluding diaryl/α,β-unsaturated/α-hetero) is 1. The van der Waals surface area contributed by atoms with E-state index in [1.165, 1.54) is 16.7 Å². The number of carbonyl (C=O) groups is 1. The average molecular weight is 343 g/mol. The predicted octanol–water partition coefficient (Wildman–Crippen LogP) is 6.15. The van der Waals surface area contributed by atoms with E-state index in [0.29, 0.717) is 6.42 Å². The first-order valence-electron chi connectivity index (χ1n) is 7.98. The third kappa shape index (κ3) is 10.3. The first-order valence-corrected chi connectivity index (χ1v) is 9.03. The topological polar surface area (TPSA) is 17.1 Å². The molecular weight excluding hydrogens is 312 g/mol. The Bertz CT molecular complexity index is 431. The second-order valence-electron chi connectivity index (χ2n) is 6.28. The van der Waals surface area contributed by atoms with Crippen LogP contribution in [0.1, 0.15) is 60.3 Å². The van der Waals surface area contributed by atoms with E-state index in [1.807, 2.05) is 0 Å². The summed E-state index contributed by atoms with van der Waals surface area (Å²) in [6.45, 7) is 10.6. The highest BCUT2D eigenvalue weighted by molar-refractivity contribution is 7.81. The molecule has 0 spiro atoms. The Morgan fingerprint density at radius 1 is 1.14 bits per heavy atom. The van der Waals surface area contributed by atoms with Gasteiger partial charge in [-0.3, -0.25) is 4.79 Å². The summed E-state index contributed by atoms with van der Waals surface area (Å²) in [6.07, 6.45) is 10.2. The molecule has 0 bridgehead atoms. The van der Waals surface area contributed by atoms with Gasteiger partial charge in [-0.2, -0.15) is 12.6 Å². The molecule has 0 aromatic heterocycles. The molecule has 0 aliphatic carbocycles. The fourth-order valence-corrected chi connectivity index (χ4v) is 2.78. The van der Waals surface area contributed by atoms with Crippen LogP contribution >= 0.6 is 24.2 Å². The summed E-state index contributed by atoms with van der Waals surface area (Å²) < 4.78 is 0. The van der Waals surface area contributed by atoms with Crippen molar-refractivity contribution in [1.82, 2.24) is 0 Å². The summed E-state index contributed by atoms with van der Waals surface area (Å²) in [5.74, 6) is 0.425. The Hall–Kier alpha value is -0.470. The van der Waals surface area contributed by atoms with E-state index in [0.717, 1.165) is 19.3 Å². The third-order valence-electron chi connectivity index (χ3n) is 3.72. The lowest BCUT2D eigenvalue weighted by molar-refractivity contribution is -0.116. The second-order valence-corrected chi connectivity index (χ2v) is 7.21. The molecule has 0 fully saturated rings. The number of halogens is 1. The van der Waals surface area contributed by atoms with Crippen molar-refractivity contribution in [3.63, 3.8) is 0 Å². The fraction of sp³-hybridized carbons (Fsp3) is 0.632. The molecule has 0 aliphatic heterocycles. The molecule has 2 unspecified atom stereocenters. The Kier molecular flexibility index (Phi) is 11.8. The van der Waals surface area contributed by atoms with Gasteiger partial charge < -0.3 is 0 Å². The van der Waals surface area contributed by atoms with Crippen molar-refractivity contribution in [2.45, 2.75) is 65.6 Å². The van der Waals surface area contributed by atoms with Crippen molar-refractivity contribution < 1.29 is 4.79 Å². The highest BCUT2D eigenvalue weighted by atomic mass is 35.5. The molecule has 126 valence electrons. The zero-order valence-corrected chi connectivity index (χ0v) is 16.3. The average Bonchev–Trinajstić information content (AvgIpc) is 2.45. The highest BCUT2D eigenvalue weighted by Gasteiger charge is 2.19. The van der Waals surface area contributed by atoms with E-state index in [1.54, 1.807) is 0 Å². The number of rotatable bonds is 10. The fourth-order valence-electron chi connectivity index (χ4n) is 2.27. The van der Waals surface area contributed by atoms with Crippen LogP contribution in [0, 0.1) is 5.92 Å². The minimum Gasteiger partial charge on any atom is -0.298 e. The van der Waals surface area contributed by atoms with Gasteiger partial charge in [0.05, 0.1) is 5.88 Å². The minimum absolute atomic E-state index is 0.0274. The SMILES string of the molecule is CC=C(C)CC(C=C(C)CCC=C(C)C)C(S)CC(=O)CCl. The van der Waals surface area contributed by atoms with Crippen LogP contribution < -0.4 is 0 Å². The molecule has 0 aliphatic rings. The lowest BCUT2D eigenvalue weighted by Gasteiger charge is -2.21. The van der Waals surface area contributed by atoms with Crippen molar-refractivity contribution in [1.29, 1.82) is 0 Å². The van der Waals surface area contributed by atoms with Crippen LogP contribution in [-0.2, 0) is 4.79 Å². The standard InChI is InChI=1S/C19H31ClOS/c1-6-15(4)10-17(19(22)12-18(21)13-20)11-16(5)9-7-8-14(2)3/h6,8,11,17,19,22H,7,9-10,12-13H2,1-5H3. The van der Waals surface area contributed by atoms with Crippen molar-refractivity contribution in [3.8, 4) is 0 Å². The molecule has 0 amide bonds. The van der Waals surface area contributed by atoms with Crippen molar-refractivity contribution in [3.05, 3.63) is 34.9 Å². The molecule has 2 atom stereocenters. The molecule has 0 aromatic rings. The Morgan fingerprint density at radius 2 is 1.77 bits per heavy atom. The van der Waals surface area contributed by atoms with Gasteiger partial charge in [0.15, 0.2) is 0 Å². The number of hydrogen-bond acceptors (Lipinski definition) is 2. The number of hydrogen-bond donors (Lipinski definition) is 1. The highest BCUT2D eigenvalue weighted by Crippen LogP contribution is 2.26. The third-order valence-corrected chi connectivity index (χ3v) is 4.58. The van der Waals surface area contributed by atoms with Gasteiger partial charge in [0.1, 0.15) is 5.78 Å². The lowest BCUT2D eigenvalue weighted by Crippen LogP contribution is -2.19. The molecular formula is C19H31ClOS. The number of thiol groups is 1. The van der Waals surface area contributed by atoms with Crippen molar-refractivity contribution in [2.24, 2.45) is 5.92 Å². The molecule has 22 heavy (non-hydrogen) atoms. The van der Waals surface area contributed by atoms with Gasteiger partial charge in [-0.05, 0) is 59.8 Å². The predicted molar refractivity (Wildman–Crippen MR) is 103 cm³/mol. The molecule has 0 aromatic carbocycles. The molecule has 0 heterocycles. The molecule has 1 nitrogen and oxygen atoms in total. The molecule has 3 heteroatoms. The van der Waals surface area contributed by atoms with Crippen molar-refractivity contribution in [2.75, 3.05) is 5.88 Å². The van der Waals surface area contributed by atoms with Crippen LogP contribution in [0.4, 0.5) is 0 Å². The zero-order chi connectivity index (χ0) is 17.1. The quantitative estimate of drug-likeness (QED) is 0.286. The van der Waals surface area contributed by atoms with Crippen LogP contribution in [0.5, 0.6) is 0 Å². The van der Waals surface area contributed by atoms with Gasteiger partial charge in [-0.1, -0.05) is 34.9 Å². The van der Waals surface area contributed by atoms with E-state index < -0.39 is 0 Å². The van der Waals surface area contributed by atoms with Gasteiger partial charge in [-0.15, -0.1) is 11.6 Å². The summed E-state index contributed by atoms with van der Waals surface area (Å²) in [6, 6.07) is 0. The number of carbonyl (C=O) groups excluding carboxylic acids is 1. The second kappa shape index (κ2) is 12.0. The normalized spacial score (nSPS) is 15.4. The Labute approximate surface area is 147 Å². The number of alkyl halides is 1. The smallest absolute Gasteiger partial charge is 0.148 e. The van der Waals surface area contributed by atoms with Crippen LogP contribution in [0.3, 0.4) is 0 Å². The summed E-state index contributed by atoms with van der Waals surface area (Å²) >= 11 is 10.3. The number of allylic oxidation sites excluding steroid dienone is 6. The number of ketones is 1. The Morgan fingerprint density at radius 3 is 2.27 bits per heavy atom. The van der Waals surface area contributed by atoms with Crippen LogP contribution in [-0.4, -0.2) is 16.9 Å². The Balaban J connectivity index is 4.90. The molecule has 0 saturated heterocycles. The van der Waals surface area contributed by atoms with E-state index in [2.05, 4.69) is 65.5 Å². The summed E-state index contributed by atoms with van der Waals surface area (Å²) in [4.78, 5) is 11.6. The molecule has 0 radical (unpaired) electrons. The van der Waals surface area contributed by atoms with Gasteiger partial charge >= 0.3 is 0 Å². The molecule has 0 saturated carbocycles. The maximum absolute atomic E-state index is 11.6. The van der Waals surface area contributed by atoms with E-state index in [-0.39, 0.29) is 22.8 Å². The van der Waals surface area contributed by atoms with Crippen LogP contribution in [0.2, 0.25) is 0 Å². The first-order chi connectivity index (χ1) is 10.3. The minimum atomic E-state index is 0.0274. The van der Waals surface area contributed by atoms with Crippen LogP contribution in [0.25, 0.3) is 0 Å². The van der Waals surface area contributed by atoms with Gasteiger partial charge in [0.25, 0.3) is 0 Å². The summed E-state index contributed by atoms with van der Waals surface area (Å²) in [5, 5.41) is 0.0274. The van der Waals surface area contributed by atoms with E-state index >= 15 is 0 Å². The van der Waals surface area contributed by atoms with Crippen molar-refractivity contribution >= 4 is 30.0 Å². The maximum atomic E-state index is 11.6. The van der Waals surface area contributed by atoms with Gasteiger partial charge in [0, 0.05) is 11.7 Å². The van der Waals surface area contributed by atoms with Gasteiger partial charge in [-0.25, -0.2) is 0 Å². The monoisotopic (exact) mass is 342 g/mol. The molecule has 0 N–H and O–H groups in total. The molecule has 0 rings (SSSR count). The summed E-state index contributed by atoms with van der Waals surface area (Å²) in [7, 11) is 0. The first kappa shape index (κ1) is 21.5. The van der Waals surface area contributed by atoms with E-state index in [4.69, 9.17) is 11.6 Å². The summed E-state index contributed by atoms with van der Waals surface area (Å²) in [5.41, 5.74) is 4.05. The zero-order valence-electron chi connectivity index (χ0n) is 14.7.